The van der Waals surface area contributed by atoms with Crippen LogP contribution in [-0.4, -0.2) is 6.04 Å². The first kappa shape index (κ1) is 7.60. The maximum Gasteiger partial charge on any atom is 0.0338 e. The minimum absolute atomic E-state index is 0.198. The Bertz CT molecular complexity index is 301. The topological polar surface area (TPSA) is 26.0 Å². The van der Waals surface area contributed by atoms with Gasteiger partial charge in [0.2, 0.25) is 0 Å². The van der Waals surface area contributed by atoms with Gasteiger partial charge < -0.3 is 5.73 Å². The Morgan fingerprint density at radius 3 is 3.33 bits per heavy atom. The van der Waals surface area contributed by atoms with Crippen molar-refractivity contribution in [3.63, 3.8) is 0 Å². The molecule has 2 aliphatic carbocycles. The predicted molar refractivity (Wildman–Crippen MR) is 50.6 cm³/mol. The quantitative estimate of drug-likeness (QED) is 0.538. The molecule has 0 radical (unpaired) electrons. The van der Waals surface area contributed by atoms with Crippen LogP contribution < -0.4 is 5.73 Å². The van der Waals surface area contributed by atoms with E-state index in [0.717, 1.165) is 19.3 Å². The van der Waals surface area contributed by atoms with Gasteiger partial charge in [-0.25, -0.2) is 0 Å². The van der Waals surface area contributed by atoms with Crippen LogP contribution in [0.5, 0.6) is 0 Å². The maximum absolute atomic E-state index is 5.96. The molecule has 2 aliphatic rings. The highest BCUT2D eigenvalue weighted by Gasteiger charge is 2.13. The highest BCUT2D eigenvalue weighted by Crippen LogP contribution is 2.24. The molecule has 2 N–H and O–H groups in total. The largest absolute Gasteiger partial charge is 0.324 e. The van der Waals surface area contributed by atoms with E-state index in [4.69, 9.17) is 5.73 Å². The third-order valence-electron chi connectivity index (χ3n) is 2.39. The lowest BCUT2D eigenvalue weighted by molar-refractivity contribution is 0.772. The van der Waals surface area contributed by atoms with Crippen molar-refractivity contribution in [3.8, 4) is 0 Å². The Balaban J connectivity index is 2.42. The molecule has 0 aliphatic heterocycles. The smallest absolute Gasteiger partial charge is 0.0338 e. The van der Waals surface area contributed by atoms with Crippen LogP contribution in [0.15, 0.2) is 41.2 Å². The van der Waals surface area contributed by atoms with Gasteiger partial charge in [-0.05, 0) is 42.6 Å². The summed E-state index contributed by atoms with van der Waals surface area (Å²) < 4.78 is 0. The Kier molecular flexibility index (Phi) is 1.99. The normalized spacial score (nSPS) is 27.2. The second-order valence-electron chi connectivity index (χ2n) is 3.28. The van der Waals surface area contributed by atoms with Crippen LogP contribution in [0.1, 0.15) is 19.3 Å². The molecule has 1 atom stereocenters. The molecule has 0 saturated heterocycles. The van der Waals surface area contributed by atoms with Crippen molar-refractivity contribution >= 4 is 0 Å². The van der Waals surface area contributed by atoms with Crippen LogP contribution in [0.25, 0.3) is 0 Å². The van der Waals surface area contributed by atoms with Gasteiger partial charge in [0.25, 0.3) is 0 Å². The van der Waals surface area contributed by atoms with E-state index in [1.807, 2.05) is 6.08 Å². The van der Waals surface area contributed by atoms with Gasteiger partial charge in [0.05, 0.1) is 0 Å². The van der Waals surface area contributed by atoms with Gasteiger partial charge in [-0.15, -0.1) is 5.73 Å². The van der Waals surface area contributed by atoms with E-state index in [9.17, 15) is 0 Å². The number of hydrogen-bond donors (Lipinski definition) is 1. The van der Waals surface area contributed by atoms with E-state index in [-0.39, 0.29) is 6.04 Å². The first-order chi connectivity index (χ1) is 5.88. The molecule has 62 valence electrons. The Hall–Kier alpha value is -1.04. The van der Waals surface area contributed by atoms with Gasteiger partial charge in [-0.3, -0.25) is 0 Å². The van der Waals surface area contributed by atoms with Crippen molar-refractivity contribution in [1.29, 1.82) is 0 Å². The third kappa shape index (κ3) is 1.29. The monoisotopic (exact) mass is 159 g/mol. The molecule has 0 aromatic heterocycles. The molecule has 1 heteroatoms. The summed E-state index contributed by atoms with van der Waals surface area (Å²) in [6.45, 7) is 0. The zero-order valence-electron chi connectivity index (χ0n) is 7.09. The zero-order valence-corrected chi connectivity index (χ0v) is 7.09. The molecule has 0 fully saturated rings. The zero-order chi connectivity index (χ0) is 8.39. The van der Waals surface area contributed by atoms with Crippen LogP contribution in [0.4, 0.5) is 0 Å². The lowest BCUT2D eigenvalue weighted by atomic mass is 9.92. The number of hydrogen-bond acceptors (Lipinski definition) is 1. The molecule has 1 unspecified atom stereocenters. The Labute approximate surface area is 73.0 Å². The first-order valence-electron chi connectivity index (χ1n) is 4.44. The fourth-order valence-corrected chi connectivity index (χ4v) is 1.71. The van der Waals surface area contributed by atoms with E-state index in [0.29, 0.717) is 0 Å². The second kappa shape index (κ2) is 3.14. The summed E-state index contributed by atoms with van der Waals surface area (Å²) in [5.41, 5.74) is 11.8. The molecular formula is C11H13N. The summed E-state index contributed by atoms with van der Waals surface area (Å²) in [4.78, 5) is 0. The molecule has 0 aromatic carbocycles. The van der Waals surface area contributed by atoms with Crippen LogP contribution in [0, 0.1) is 0 Å². The van der Waals surface area contributed by atoms with Crippen LogP contribution in [-0.2, 0) is 0 Å². The van der Waals surface area contributed by atoms with E-state index >= 15 is 0 Å². The van der Waals surface area contributed by atoms with Gasteiger partial charge in [-0.1, -0.05) is 12.2 Å². The average Bonchev–Trinajstić information content (AvgIpc) is 2.30. The van der Waals surface area contributed by atoms with E-state index in [1.165, 1.54) is 11.1 Å². The van der Waals surface area contributed by atoms with E-state index in [2.05, 4.69) is 24.0 Å². The van der Waals surface area contributed by atoms with Crippen molar-refractivity contribution in [3.05, 3.63) is 41.2 Å². The maximum atomic E-state index is 5.96. The van der Waals surface area contributed by atoms with Gasteiger partial charge in [0, 0.05) is 6.04 Å². The second-order valence-corrected chi connectivity index (χ2v) is 3.28. The highest BCUT2D eigenvalue weighted by molar-refractivity contribution is 5.41. The molecule has 0 aromatic rings. The number of rotatable bonds is 0. The molecular weight excluding hydrogens is 146 g/mol. The standard InChI is InChI=1S/C11H13N/c12-11-8-4-6-9-5-2-1-3-7-10(9)11/h1,4,6-7,11H,2,5,8,12H2. The summed E-state index contributed by atoms with van der Waals surface area (Å²) in [6, 6.07) is 0.198. The number of nitrogens with two attached hydrogens (primary N) is 1. The van der Waals surface area contributed by atoms with Gasteiger partial charge in [0.1, 0.15) is 0 Å². The molecule has 0 amide bonds. The molecule has 12 heavy (non-hydrogen) atoms. The summed E-state index contributed by atoms with van der Waals surface area (Å²) in [5.74, 6) is 0. The third-order valence-corrected chi connectivity index (χ3v) is 2.39. The predicted octanol–water partition coefficient (Wildman–Crippen LogP) is 2.08. The first-order valence-corrected chi connectivity index (χ1v) is 4.44. The molecule has 0 spiro atoms. The minimum atomic E-state index is 0.198. The summed E-state index contributed by atoms with van der Waals surface area (Å²) in [7, 11) is 0. The van der Waals surface area contributed by atoms with Crippen LogP contribution in [0.3, 0.4) is 0 Å². The number of allylic oxidation sites excluding steroid dienone is 2. The van der Waals surface area contributed by atoms with Gasteiger partial charge in [0.15, 0.2) is 0 Å². The fourth-order valence-electron chi connectivity index (χ4n) is 1.71. The van der Waals surface area contributed by atoms with E-state index in [1.54, 1.807) is 0 Å². The van der Waals surface area contributed by atoms with Gasteiger partial charge >= 0.3 is 0 Å². The average molecular weight is 159 g/mol. The van der Waals surface area contributed by atoms with Crippen molar-refractivity contribution in [2.45, 2.75) is 25.3 Å². The Morgan fingerprint density at radius 2 is 2.42 bits per heavy atom. The minimum Gasteiger partial charge on any atom is -0.324 e. The fraction of sp³-hybridized carbons (Fsp3) is 0.364. The summed E-state index contributed by atoms with van der Waals surface area (Å²) in [5, 5.41) is 0. The SMILES string of the molecule is NC1CC=CC2=C1C=C=CCC2. The van der Waals surface area contributed by atoms with Gasteiger partial charge in [-0.2, -0.15) is 0 Å². The van der Waals surface area contributed by atoms with Crippen LogP contribution in [0.2, 0.25) is 0 Å². The molecule has 0 bridgehead atoms. The van der Waals surface area contributed by atoms with Crippen molar-refractivity contribution < 1.29 is 0 Å². The van der Waals surface area contributed by atoms with E-state index < -0.39 is 0 Å². The lowest BCUT2D eigenvalue weighted by Gasteiger charge is -2.17. The summed E-state index contributed by atoms with van der Waals surface area (Å²) in [6.07, 6.45) is 11.7. The Morgan fingerprint density at radius 1 is 1.50 bits per heavy atom. The highest BCUT2D eigenvalue weighted by atomic mass is 14.6. The summed E-state index contributed by atoms with van der Waals surface area (Å²) >= 11 is 0. The van der Waals surface area contributed by atoms with Crippen molar-refractivity contribution in [2.75, 3.05) is 0 Å². The van der Waals surface area contributed by atoms with Crippen molar-refractivity contribution in [2.24, 2.45) is 5.73 Å². The van der Waals surface area contributed by atoms with Crippen LogP contribution >= 0.6 is 0 Å². The molecule has 1 nitrogen and oxygen atoms in total. The molecule has 2 rings (SSSR count). The van der Waals surface area contributed by atoms with Crippen molar-refractivity contribution in [1.82, 2.24) is 0 Å². The molecule has 0 heterocycles. The lowest BCUT2D eigenvalue weighted by Crippen LogP contribution is -2.23. The molecule has 0 saturated carbocycles.